The molecule has 4 heteroatoms. The second-order valence-electron chi connectivity index (χ2n) is 7.23. The molecule has 1 amide bonds. The van der Waals surface area contributed by atoms with Crippen LogP contribution in [0.25, 0.3) is 10.4 Å². The molecular formula is C23H21NO2S. The molecule has 27 heavy (non-hydrogen) atoms. The number of benzene rings is 2. The standard InChI is InChI=1S/C23H21NO2S/c1-26-19-9-8-16-6-7-17-12-21(27-22(17)20(16)13-19)23(25)24-11-10-15-4-2-3-5-18(15)14-24/h2-5,8-9,12-13H,6-7,10-11,14H2,1H3. The molecule has 0 spiro atoms. The van der Waals surface area contributed by atoms with E-state index >= 15 is 0 Å². The first-order valence-electron chi connectivity index (χ1n) is 9.39. The lowest BCUT2D eigenvalue weighted by atomic mass is 9.91. The second-order valence-corrected chi connectivity index (χ2v) is 8.29. The second kappa shape index (κ2) is 6.54. The lowest BCUT2D eigenvalue weighted by molar-refractivity contribution is 0.0739. The van der Waals surface area contributed by atoms with Crippen molar-refractivity contribution < 1.29 is 9.53 Å². The van der Waals surface area contributed by atoms with Crippen molar-refractivity contribution in [3.63, 3.8) is 0 Å². The zero-order chi connectivity index (χ0) is 18.4. The number of aryl methyl sites for hydroxylation is 2. The van der Waals surface area contributed by atoms with Crippen molar-refractivity contribution in [2.24, 2.45) is 0 Å². The Balaban J connectivity index is 1.46. The topological polar surface area (TPSA) is 29.5 Å². The predicted molar refractivity (Wildman–Crippen MR) is 109 cm³/mol. The Labute approximate surface area is 163 Å². The van der Waals surface area contributed by atoms with Crippen LogP contribution in [-0.2, 0) is 25.8 Å². The highest BCUT2D eigenvalue weighted by Crippen LogP contribution is 2.41. The number of carbonyl (C=O) groups is 1. The van der Waals surface area contributed by atoms with E-state index < -0.39 is 0 Å². The molecule has 3 nitrogen and oxygen atoms in total. The quantitative estimate of drug-likeness (QED) is 0.649. The van der Waals surface area contributed by atoms with Crippen molar-refractivity contribution in [2.45, 2.75) is 25.8 Å². The highest BCUT2D eigenvalue weighted by Gasteiger charge is 2.26. The van der Waals surface area contributed by atoms with E-state index in [0.29, 0.717) is 6.54 Å². The number of hydrogen-bond donors (Lipinski definition) is 0. The smallest absolute Gasteiger partial charge is 0.264 e. The van der Waals surface area contributed by atoms with Gasteiger partial charge in [-0.25, -0.2) is 0 Å². The number of fused-ring (bicyclic) bond motifs is 4. The van der Waals surface area contributed by atoms with Crippen LogP contribution in [0.4, 0.5) is 0 Å². The van der Waals surface area contributed by atoms with E-state index in [9.17, 15) is 4.79 Å². The average molecular weight is 375 g/mol. The molecular weight excluding hydrogens is 354 g/mol. The Kier molecular flexibility index (Phi) is 4.01. The van der Waals surface area contributed by atoms with Gasteiger partial charge in [0.2, 0.25) is 0 Å². The first-order valence-corrected chi connectivity index (χ1v) is 10.2. The summed E-state index contributed by atoms with van der Waals surface area (Å²) in [4.78, 5) is 17.3. The number of methoxy groups -OCH3 is 1. The number of ether oxygens (including phenoxy) is 1. The fourth-order valence-corrected chi connectivity index (χ4v) is 5.38. The third-order valence-corrected chi connectivity index (χ3v) is 6.86. The van der Waals surface area contributed by atoms with Gasteiger partial charge >= 0.3 is 0 Å². The fourth-order valence-electron chi connectivity index (χ4n) is 4.15. The third-order valence-electron chi connectivity index (χ3n) is 5.66. The van der Waals surface area contributed by atoms with E-state index in [1.807, 2.05) is 11.0 Å². The molecule has 0 bridgehead atoms. The summed E-state index contributed by atoms with van der Waals surface area (Å²) in [6.07, 6.45) is 2.96. The summed E-state index contributed by atoms with van der Waals surface area (Å²) in [5.74, 6) is 1.03. The van der Waals surface area contributed by atoms with Gasteiger partial charge in [0.05, 0.1) is 12.0 Å². The molecule has 0 unspecified atom stereocenters. The summed E-state index contributed by atoms with van der Waals surface area (Å²) < 4.78 is 5.41. The number of nitrogens with zero attached hydrogens (tertiary/aromatic N) is 1. The van der Waals surface area contributed by atoms with Crippen LogP contribution in [0, 0.1) is 0 Å². The van der Waals surface area contributed by atoms with Crippen molar-refractivity contribution in [1.82, 2.24) is 4.90 Å². The minimum absolute atomic E-state index is 0.161. The summed E-state index contributed by atoms with van der Waals surface area (Å²) in [6.45, 7) is 1.50. The summed E-state index contributed by atoms with van der Waals surface area (Å²) in [6, 6.07) is 16.8. The van der Waals surface area contributed by atoms with Gasteiger partial charge in [-0.15, -0.1) is 11.3 Å². The van der Waals surface area contributed by atoms with Crippen LogP contribution in [-0.4, -0.2) is 24.5 Å². The van der Waals surface area contributed by atoms with Crippen molar-refractivity contribution in [3.05, 3.63) is 75.7 Å². The van der Waals surface area contributed by atoms with Crippen molar-refractivity contribution in [3.8, 4) is 16.2 Å². The van der Waals surface area contributed by atoms with Gasteiger partial charge < -0.3 is 9.64 Å². The highest BCUT2D eigenvalue weighted by molar-refractivity contribution is 7.17. The van der Waals surface area contributed by atoms with Gasteiger partial charge in [0, 0.05) is 18.0 Å². The molecule has 1 aromatic heterocycles. The first kappa shape index (κ1) is 16.6. The van der Waals surface area contributed by atoms with Crippen molar-refractivity contribution in [2.75, 3.05) is 13.7 Å². The van der Waals surface area contributed by atoms with Crippen LogP contribution in [0.15, 0.2) is 48.5 Å². The molecule has 1 aliphatic carbocycles. The lowest BCUT2D eigenvalue weighted by Crippen LogP contribution is -2.35. The highest BCUT2D eigenvalue weighted by atomic mass is 32.1. The van der Waals surface area contributed by atoms with Crippen molar-refractivity contribution in [1.29, 1.82) is 0 Å². The summed E-state index contributed by atoms with van der Waals surface area (Å²) in [7, 11) is 1.70. The molecule has 0 saturated heterocycles. The number of carbonyl (C=O) groups excluding carboxylic acids is 1. The minimum Gasteiger partial charge on any atom is -0.497 e. The van der Waals surface area contributed by atoms with E-state index in [2.05, 4.69) is 42.5 Å². The molecule has 2 aliphatic rings. The van der Waals surface area contributed by atoms with Gasteiger partial charge in [0.1, 0.15) is 5.75 Å². The first-order chi connectivity index (χ1) is 13.2. The Hall–Kier alpha value is -2.59. The summed E-state index contributed by atoms with van der Waals surface area (Å²) in [5.41, 5.74) is 6.50. The Morgan fingerprint density at radius 3 is 2.63 bits per heavy atom. The molecule has 136 valence electrons. The van der Waals surface area contributed by atoms with Gasteiger partial charge in [-0.3, -0.25) is 4.79 Å². The average Bonchev–Trinajstić information content (AvgIpc) is 3.17. The van der Waals surface area contributed by atoms with E-state index in [1.165, 1.54) is 32.7 Å². The molecule has 0 atom stereocenters. The van der Waals surface area contributed by atoms with E-state index in [4.69, 9.17) is 4.74 Å². The number of hydrogen-bond acceptors (Lipinski definition) is 3. The minimum atomic E-state index is 0.161. The van der Waals surface area contributed by atoms with Gasteiger partial charge in [-0.1, -0.05) is 30.3 Å². The third kappa shape index (κ3) is 2.85. The zero-order valence-electron chi connectivity index (χ0n) is 15.3. The van der Waals surface area contributed by atoms with Crippen LogP contribution in [0.2, 0.25) is 0 Å². The van der Waals surface area contributed by atoms with Crippen LogP contribution < -0.4 is 4.74 Å². The van der Waals surface area contributed by atoms with E-state index in [0.717, 1.165) is 36.4 Å². The summed E-state index contributed by atoms with van der Waals surface area (Å²) in [5, 5.41) is 0. The molecule has 5 rings (SSSR count). The van der Waals surface area contributed by atoms with Crippen LogP contribution >= 0.6 is 11.3 Å². The molecule has 3 aromatic rings. The Morgan fingerprint density at radius 1 is 0.963 bits per heavy atom. The lowest BCUT2D eigenvalue weighted by Gasteiger charge is -2.28. The molecule has 0 saturated carbocycles. The van der Waals surface area contributed by atoms with Crippen LogP contribution in [0.3, 0.4) is 0 Å². The zero-order valence-corrected chi connectivity index (χ0v) is 16.1. The monoisotopic (exact) mass is 375 g/mol. The van der Waals surface area contributed by atoms with E-state index in [1.54, 1.807) is 18.4 Å². The van der Waals surface area contributed by atoms with Gasteiger partial charge in [-0.05, 0) is 65.3 Å². The molecule has 2 aromatic carbocycles. The largest absolute Gasteiger partial charge is 0.497 e. The van der Waals surface area contributed by atoms with Crippen LogP contribution in [0.1, 0.15) is 31.9 Å². The number of amides is 1. The maximum atomic E-state index is 13.2. The van der Waals surface area contributed by atoms with Gasteiger partial charge in [0.25, 0.3) is 5.91 Å². The Morgan fingerprint density at radius 2 is 1.78 bits per heavy atom. The molecule has 0 N–H and O–H groups in total. The van der Waals surface area contributed by atoms with Crippen LogP contribution in [0.5, 0.6) is 5.75 Å². The maximum absolute atomic E-state index is 13.2. The molecule has 2 heterocycles. The van der Waals surface area contributed by atoms with E-state index in [-0.39, 0.29) is 5.91 Å². The fraction of sp³-hybridized carbons (Fsp3) is 0.261. The van der Waals surface area contributed by atoms with Gasteiger partial charge in [0.15, 0.2) is 0 Å². The predicted octanol–water partition coefficient (Wildman–Crippen LogP) is 4.72. The SMILES string of the molecule is COc1ccc2c(c1)-c1sc(C(=O)N3CCc4ccccc4C3)cc1CC2. The normalized spacial score (nSPS) is 14.9. The Bertz CT molecular complexity index is 1040. The number of rotatable bonds is 2. The van der Waals surface area contributed by atoms with Gasteiger partial charge in [-0.2, -0.15) is 0 Å². The number of thiophene rings is 1. The van der Waals surface area contributed by atoms with Crippen molar-refractivity contribution >= 4 is 17.2 Å². The molecule has 1 aliphatic heterocycles. The maximum Gasteiger partial charge on any atom is 0.264 e. The molecule has 0 fully saturated rings. The molecule has 0 radical (unpaired) electrons. The summed E-state index contributed by atoms with van der Waals surface area (Å²) >= 11 is 1.63.